The van der Waals surface area contributed by atoms with Crippen LogP contribution in [0.1, 0.15) is 50.1 Å². The minimum atomic E-state index is -0.594. The average molecular weight is 571 g/mol. The molecule has 3 aromatic carbocycles. The fourth-order valence-electron chi connectivity index (χ4n) is 4.63. The molecule has 4 aromatic rings. The fourth-order valence-corrected chi connectivity index (χ4v) is 4.63. The number of fused-ring (bicyclic) bond motifs is 1. The van der Waals surface area contributed by atoms with E-state index in [1.165, 1.54) is 4.90 Å². The Kier molecular flexibility index (Phi) is 10.1. The summed E-state index contributed by atoms with van der Waals surface area (Å²) in [5.41, 5.74) is 10.2. The predicted octanol–water partition coefficient (Wildman–Crippen LogP) is 5.92. The number of nitrogens with two attached hydrogens (primary N) is 1. The van der Waals surface area contributed by atoms with Crippen LogP contribution < -0.4 is 20.3 Å². The van der Waals surface area contributed by atoms with E-state index < -0.39 is 6.09 Å². The number of nitrogen functional groups attached to an aromatic ring is 1. The smallest absolute Gasteiger partial charge is 0.419 e. The van der Waals surface area contributed by atoms with Gasteiger partial charge in [0.25, 0.3) is 0 Å². The van der Waals surface area contributed by atoms with Gasteiger partial charge < -0.3 is 25.1 Å². The predicted molar refractivity (Wildman–Crippen MR) is 165 cm³/mol. The molecule has 0 saturated carbocycles. The molecule has 0 bridgehead atoms. The molecule has 1 heterocycles. The van der Waals surface area contributed by atoms with Crippen LogP contribution in [0.5, 0.6) is 5.75 Å². The lowest BCUT2D eigenvalue weighted by molar-refractivity contribution is -0.142. The molecule has 220 valence electrons. The third-order valence-corrected chi connectivity index (χ3v) is 6.90. The van der Waals surface area contributed by atoms with Crippen molar-refractivity contribution in [3.63, 3.8) is 0 Å². The summed E-state index contributed by atoms with van der Waals surface area (Å²) in [5.74, 6) is 0.835. The average Bonchev–Trinajstić information content (AvgIpc) is 3.41. The highest BCUT2D eigenvalue weighted by Crippen LogP contribution is 2.28. The van der Waals surface area contributed by atoms with E-state index in [0.29, 0.717) is 23.5 Å². The quantitative estimate of drug-likeness (QED) is 0.103. The van der Waals surface area contributed by atoms with Gasteiger partial charge in [-0.15, -0.1) is 0 Å². The number of imidazole rings is 1. The molecule has 0 saturated heterocycles. The number of unbranched alkanes of at least 4 members (excludes halogenated alkanes) is 1. The first-order valence-electron chi connectivity index (χ1n) is 14.2. The molecular formula is C32H38N6O4. The maximum Gasteiger partial charge on any atom is 0.419 e. The summed E-state index contributed by atoms with van der Waals surface area (Å²) in [4.78, 5) is 37.3. The molecule has 0 spiro atoms. The third-order valence-electron chi connectivity index (χ3n) is 6.90. The second kappa shape index (κ2) is 14.2. The molecule has 42 heavy (non-hydrogen) atoms. The summed E-state index contributed by atoms with van der Waals surface area (Å²) in [6, 6.07) is 20.3. The number of rotatable bonds is 13. The van der Waals surface area contributed by atoms with Crippen molar-refractivity contribution in [1.82, 2.24) is 9.97 Å². The lowest BCUT2D eigenvalue weighted by Crippen LogP contribution is -2.35. The van der Waals surface area contributed by atoms with Gasteiger partial charge in [0.2, 0.25) is 0 Å². The van der Waals surface area contributed by atoms with Crippen LogP contribution in [0.15, 0.2) is 66.7 Å². The molecule has 10 heteroatoms. The van der Waals surface area contributed by atoms with Gasteiger partial charge in [-0.05, 0) is 68.8 Å². The Bertz CT molecular complexity index is 1520. The highest BCUT2D eigenvalue weighted by atomic mass is 16.6. The van der Waals surface area contributed by atoms with Crippen LogP contribution in [0, 0.1) is 12.3 Å². The van der Waals surface area contributed by atoms with Crippen LogP contribution in [-0.2, 0) is 16.1 Å². The van der Waals surface area contributed by atoms with E-state index in [2.05, 4.69) is 16.8 Å². The number of aromatic nitrogens is 2. The van der Waals surface area contributed by atoms with Crippen LogP contribution >= 0.6 is 0 Å². The minimum Gasteiger partial charge on any atom is -0.466 e. The van der Waals surface area contributed by atoms with Crippen LogP contribution in [0.2, 0.25) is 0 Å². The van der Waals surface area contributed by atoms with E-state index in [1.807, 2.05) is 55.5 Å². The number of amidine groups is 1. The van der Waals surface area contributed by atoms with Crippen LogP contribution in [0.4, 0.5) is 16.2 Å². The molecule has 0 unspecified atom stereocenters. The summed E-state index contributed by atoms with van der Waals surface area (Å²) in [6.07, 6.45) is 1.52. The first kappa shape index (κ1) is 30.1. The SMILES string of the molecule is CCCCN(Cc1nc2c(C)c(OC(=O)N(CCC(=O)OCC)c3ccccc3)ccc2[nH]1)c1ccc(C(=N)N)cc1. The Morgan fingerprint density at radius 2 is 1.71 bits per heavy atom. The summed E-state index contributed by atoms with van der Waals surface area (Å²) >= 11 is 0. The molecule has 0 aliphatic rings. The lowest BCUT2D eigenvalue weighted by Gasteiger charge is -2.24. The summed E-state index contributed by atoms with van der Waals surface area (Å²) < 4.78 is 10.9. The van der Waals surface area contributed by atoms with Crippen molar-refractivity contribution in [3.8, 4) is 5.75 Å². The number of para-hydroxylation sites is 1. The van der Waals surface area contributed by atoms with Crippen molar-refractivity contribution in [2.45, 2.75) is 46.6 Å². The normalized spacial score (nSPS) is 10.8. The summed E-state index contributed by atoms with van der Waals surface area (Å²) in [6.45, 7) is 7.57. The van der Waals surface area contributed by atoms with E-state index in [1.54, 1.807) is 25.1 Å². The van der Waals surface area contributed by atoms with Gasteiger partial charge in [-0.25, -0.2) is 9.78 Å². The zero-order valence-electron chi connectivity index (χ0n) is 24.4. The highest BCUT2D eigenvalue weighted by Gasteiger charge is 2.22. The number of aromatic amines is 1. The van der Waals surface area contributed by atoms with Crippen molar-refractivity contribution >= 4 is 40.3 Å². The van der Waals surface area contributed by atoms with Crippen LogP contribution in [-0.4, -0.2) is 47.6 Å². The number of aryl methyl sites for hydroxylation is 1. The first-order valence-corrected chi connectivity index (χ1v) is 14.2. The lowest BCUT2D eigenvalue weighted by atomic mass is 10.1. The number of benzene rings is 3. The van der Waals surface area contributed by atoms with Crippen molar-refractivity contribution in [2.75, 3.05) is 29.5 Å². The third kappa shape index (κ3) is 7.45. The zero-order valence-corrected chi connectivity index (χ0v) is 24.4. The highest BCUT2D eigenvalue weighted by molar-refractivity contribution is 5.95. The molecule has 1 amide bonds. The topological polar surface area (TPSA) is 138 Å². The first-order chi connectivity index (χ1) is 20.3. The van der Waals surface area contributed by atoms with E-state index in [4.69, 9.17) is 25.6 Å². The van der Waals surface area contributed by atoms with Crippen molar-refractivity contribution in [2.24, 2.45) is 5.73 Å². The Balaban J connectivity index is 1.54. The van der Waals surface area contributed by atoms with Crippen LogP contribution in [0.25, 0.3) is 11.0 Å². The van der Waals surface area contributed by atoms with Gasteiger partial charge in [0.05, 0.1) is 30.6 Å². The van der Waals surface area contributed by atoms with Gasteiger partial charge in [-0.2, -0.15) is 0 Å². The van der Waals surface area contributed by atoms with Gasteiger partial charge in [0.1, 0.15) is 17.4 Å². The molecule has 0 aliphatic heterocycles. The molecule has 4 N–H and O–H groups in total. The number of nitrogens with one attached hydrogen (secondary N) is 2. The standard InChI is InChI=1S/C32H38N6O4/c1-4-6-19-37(24-14-12-23(13-15-24)31(33)34)21-28-35-26-16-17-27(22(3)30(26)36-28)42-32(40)38(20-18-29(39)41-5-2)25-10-8-7-9-11-25/h7-17H,4-6,18-21H2,1-3H3,(H3,33,34)(H,35,36). The molecule has 0 fully saturated rings. The number of amides is 1. The number of hydrogen-bond donors (Lipinski definition) is 3. The van der Waals surface area contributed by atoms with E-state index in [9.17, 15) is 9.59 Å². The van der Waals surface area contributed by atoms with Gasteiger partial charge in [0.15, 0.2) is 0 Å². The van der Waals surface area contributed by atoms with Gasteiger partial charge >= 0.3 is 12.1 Å². The Morgan fingerprint density at radius 3 is 2.38 bits per heavy atom. The fraction of sp³-hybridized carbons (Fsp3) is 0.312. The number of ether oxygens (including phenoxy) is 2. The van der Waals surface area contributed by atoms with Crippen LogP contribution in [0.3, 0.4) is 0 Å². The Hall–Kier alpha value is -4.86. The number of anilines is 2. The number of hydrogen-bond acceptors (Lipinski definition) is 7. The number of H-pyrrole nitrogens is 1. The largest absolute Gasteiger partial charge is 0.466 e. The monoisotopic (exact) mass is 570 g/mol. The van der Waals surface area contributed by atoms with Crippen molar-refractivity contribution in [1.29, 1.82) is 5.41 Å². The molecule has 0 radical (unpaired) electrons. The van der Waals surface area contributed by atoms with E-state index in [0.717, 1.165) is 47.5 Å². The zero-order chi connectivity index (χ0) is 30.1. The second-order valence-corrected chi connectivity index (χ2v) is 9.91. The van der Waals surface area contributed by atoms with Gasteiger partial charge in [-0.1, -0.05) is 31.5 Å². The second-order valence-electron chi connectivity index (χ2n) is 9.91. The number of nitrogens with zero attached hydrogens (tertiary/aromatic N) is 3. The molecule has 1 aromatic heterocycles. The van der Waals surface area contributed by atoms with E-state index >= 15 is 0 Å². The molecular weight excluding hydrogens is 532 g/mol. The van der Waals surface area contributed by atoms with Crippen molar-refractivity contribution < 1.29 is 19.1 Å². The molecule has 4 rings (SSSR count). The van der Waals surface area contributed by atoms with Gasteiger partial charge in [-0.3, -0.25) is 15.1 Å². The van der Waals surface area contributed by atoms with Gasteiger partial charge in [0, 0.05) is 35.6 Å². The molecule has 10 nitrogen and oxygen atoms in total. The summed E-state index contributed by atoms with van der Waals surface area (Å²) in [5, 5.41) is 7.66. The summed E-state index contributed by atoms with van der Waals surface area (Å²) in [7, 11) is 0. The Labute approximate surface area is 245 Å². The molecule has 0 aliphatic carbocycles. The minimum absolute atomic E-state index is 0.0387. The number of carbonyl (C=O) groups excluding carboxylic acids is 2. The maximum atomic E-state index is 13.3. The van der Waals surface area contributed by atoms with E-state index in [-0.39, 0.29) is 31.4 Å². The number of carbonyl (C=O) groups is 2. The number of esters is 1. The maximum absolute atomic E-state index is 13.3. The van der Waals surface area contributed by atoms with Crippen molar-refractivity contribution in [3.05, 3.63) is 83.7 Å². The molecule has 0 atom stereocenters. The Morgan fingerprint density at radius 1 is 0.976 bits per heavy atom.